The summed E-state index contributed by atoms with van der Waals surface area (Å²) in [6, 6.07) is 1.94. The largest absolute Gasteiger partial charge is 0.433 e. The van der Waals surface area contributed by atoms with Gasteiger partial charge in [-0.2, -0.15) is 18.3 Å². The summed E-state index contributed by atoms with van der Waals surface area (Å²) in [5, 5.41) is 7.46. The smallest absolute Gasteiger partial charge is 0.273 e. The number of nitrogens with zero attached hydrogens (tertiary/aromatic N) is 1. The van der Waals surface area contributed by atoms with E-state index in [1.807, 2.05) is 23.5 Å². The van der Waals surface area contributed by atoms with E-state index in [1.54, 1.807) is 0 Å². The van der Waals surface area contributed by atoms with Gasteiger partial charge in [0.1, 0.15) is 5.69 Å². The van der Waals surface area contributed by atoms with Crippen molar-refractivity contribution < 1.29 is 13.2 Å². The Morgan fingerprint density at radius 3 is 2.76 bits per heavy atom. The maximum absolute atomic E-state index is 12.6. The number of aromatic nitrogens is 2. The summed E-state index contributed by atoms with van der Waals surface area (Å²) < 4.78 is 37.8. The number of hydrogen-bond acceptors (Lipinski definition) is 2. The molecule has 2 nitrogen and oxygen atoms in total. The molecule has 2 aromatic heterocycles. The van der Waals surface area contributed by atoms with E-state index < -0.39 is 11.9 Å². The Morgan fingerprint density at radius 1 is 1.41 bits per heavy atom. The molecule has 0 atom stereocenters. The van der Waals surface area contributed by atoms with E-state index in [0.717, 1.165) is 16.9 Å². The molecule has 0 aliphatic heterocycles. The Morgan fingerprint density at radius 2 is 2.18 bits per heavy atom. The fourth-order valence-electron chi connectivity index (χ4n) is 1.58. The van der Waals surface area contributed by atoms with Crippen molar-refractivity contribution in [1.29, 1.82) is 0 Å². The lowest BCUT2D eigenvalue weighted by molar-refractivity contribution is -0.141. The van der Waals surface area contributed by atoms with Crippen molar-refractivity contribution in [2.75, 3.05) is 0 Å². The van der Waals surface area contributed by atoms with Crippen LogP contribution in [0.1, 0.15) is 28.6 Å². The van der Waals surface area contributed by atoms with Crippen LogP contribution in [0, 0.1) is 0 Å². The molecule has 2 aromatic rings. The maximum atomic E-state index is 12.6. The zero-order chi connectivity index (χ0) is 12.5. The number of H-pyrrole nitrogens is 1. The first-order valence-electron chi connectivity index (χ1n) is 5.16. The molecular weight excluding hydrogens is 249 g/mol. The molecule has 0 spiro atoms. The highest BCUT2D eigenvalue weighted by Gasteiger charge is 2.35. The second kappa shape index (κ2) is 4.52. The molecule has 92 valence electrons. The number of aryl methyl sites for hydroxylation is 1. The molecule has 0 aromatic carbocycles. The molecule has 0 saturated carbocycles. The molecule has 6 heteroatoms. The summed E-state index contributed by atoms with van der Waals surface area (Å²) in [4.78, 5) is 0.925. The zero-order valence-corrected chi connectivity index (χ0v) is 9.95. The number of thiophene rings is 1. The number of nitrogens with one attached hydrogen (secondary N) is 1. The van der Waals surface area contributed by atoms with E-state index in [4.69, 9.17) is 0 Å². The molecule has 17 heavy (non-hydrogen) atoms. The van der Waals surface area contributed by atoms with Gasteiger partial charge >= 0.3 is 6.18 Å². The van der Waals surface area contributed by atoms with Crippen LogP contribution in [-0.4, -0.2) is 10.2 Å². The van der Waals surface area contributed by atoms with E-state index in [1.165, 1.54) is 17.5 Å². The molecule has 1 N–H and O–H groups in total. The van der Waals surface area contributed by atoms with Gasteiger partial charge in [0, 0.05) is 16.9 Å². The summed E-state index contributed by atoms with van der Waals surface area (Å²) in [5.74, 6) is 0. The van der Waals surface area contributed by atoms with Crippen molar-refractivity contribution in [3.05, 3.63) is 39.3 Å². The molecule has 0 amide bonds. The van der Waals surface area contributed by atoms with Crippen LogP contribution in [0.5, 0.6) is 0 Å². The predicted molar refractivity (Wildman–Crippen MR) is 60.1 cm³/mol. The van der Waals surface area contributed by atoms with Gasteiger partial charge in [-0.3, -0.25) is 5.10 Å². The Labute approximate surface area is 100 Å². The van der Waals surface area contributed by atoms with Gasteiger partial charge in [0.25, 0.3) is 0 Å². The van der Waals surface area contributed by atoms with Gasteiger partial charge in [-0.15, -0.1) is 11.3 Å². The summed E-state index contributed by atoms with van der Waals surface area (Å²) in [6.45, 7) is 2.02. The molecule has 0 aliphatic rings. The normalized spacial score (nSPS) is 12.0. The Bertz CT molecular complexity index is 499. The van der Waals surface area contributed by atoms with Crippen LogP contribution < -0.4 is 0 Å². The molecule has 0 aliphatic carbocycles. The minimum atomic E-state index is -4.36. The van der Waals surface area contributed by atoms with E-state index in [2.05, 4.69) is 5.10 Å². The van der Waals surface area contributed by atoms with E-state index in [-0.39, 0.29) is 12.0 Å². The maximum Gasteiger partial charge on any atom is 0.433 e. The van der Waals surface area contributed by atoms with Crippen LogP contribution in [0.25, 0.3) is 0 Å². The quantitative estimate of drug-likeness (QED) is 0.896. The summed E-state index contributed by atoms with van der Waals surface area (Å²) in [5.41, 5.74) is 0.605. The summed E-state index contributed by atoms with van der Waals surface area (Å²) >= 11 is 1.48. The number of aromatic amines is 1. The van der Waals surface area contributed by atoms with Crippen molar-refractivity contribution in [2.24, 2.45) is 0 Å². The van der Waals surface area contributed by atoms with Crippen molar-refractivity contribution in [3.63, 3.8) is 0 Å². The topological polar surface area (TPSA) is 28.7 Å². The third-order valence-corrected chi connectivity index (χ3v) is 3.47. The van der Waals surface area contributed by atoms with Crippen LogP contribution in [0.3, 0.4) is 0 Å². The highest BCUT2D eigenvalue weighted by Crippen LogP contribution is 2.31. The first-order valence-corrected chi connectivity index (χ1v) is 6.04. The molecule has 2 rings (SSSR count). The summed E-state index contributed by atoms with van der Waals surface area (Å²) in [6.07, 6.45) is -1.95. The lowest BCUT2D eigenvalue weighted by atomic mass is 10.1. The van der Waals surface area contributed by atoms with E-state index in [9.17, 15) is 13.2 Å². The minimum Gasteiger partial charge on any atom is -0.273 e. The van der Waals surface area contributed by atoms with Crippen molar-refractivity contribution in [3.8, 4) is 0 Å². The number of alkyl halides is 3. The predicted octanol–water partition coefficient (Wildman–Crippen LogP) is 3.64. The average Bonchev–Trinajstić information content (AvgIpc) is 2.85. The monoisotopic (exact) mass is 260 g/mol. The third-order valence-electron chi connectivity index (χ3n) is 2.48. The molecular formula is C11H11F3N2S. The second-order valence-electron chi connectivity index (χ2n) is 3.72. The van der Waals surface area contributed by atoms with E-state index >= 15 is 0 Å². The van der Waals surface area contributed by atoms with Gasteiger partial charge in [0.05, 0.1) is 6.20 Å². The van der Waals surface area contributed by atoms with E-state index in [0.29, 0.717) is 0 Å². The van der Waals surface area contributed by atoms with Gasteiger partial charge < -0.3 is 0 Å². The number of halogens is 3. The minimum absolute atomic E-state index is 0.196. The molecule has 0 fully saturated rings. The molecule has 0 radical (unpaired) electrons. The van der Waals surface area contributed by atoms with Crippen molar-refractivity contribution >= 4 is 11.3 Å². The second-order valence-corrected chi connectivity index (χ2v) is 4.72. The third kappa shape index (κ3) is 2.69. The molecule has 2 heterocycles. The SMILES string of the molecule is CCc1csc(Cc2cn[nH]c2C(F)(F)F)c1. The fraction of sp³-hybridized carbons (Fsp3) is 0.364. The zero-order valence-electron chi connectivity index (χ0n) is 9.14. The fourth-order valence-corrected chi connectivity index (χ4v) is 2.58. The molecule has 0 unspecified atom stereocenters. The van der Waals surface area contributed by atoms with Crippen LogP contribution in [0.15, 0.2) is 17.6 Å². The number of rotatable bonds is 3. The highest BCUT2D eigenvalue weighted by atomic mass is 32.1. The van der Waals surface area contributed by atoms with Gasteiger partial charge in [-0.05, 0) is 23.4 Å². The van der Waals surface area contributed by atoms with Crippen LogP contribution >= 0.6 is 11.3 Å². The highest BCUT2D eigenvalue weighted by molar-refractivity contribution is 7.10. The van der Waals surface area contributed by atoms with Gasteiger partial charge in [0.2, 0.25) is 0 Å². The van der Waals surface area contributed by atoms with Crippen LogP contribution in [-0.2, 0) is 19.0 Å². The van der Waals surface area contributed by atoms with Gasteiger partial charge in [0.15, 0.2) is 0 Å². The lowest BCUT2D eigenvalue weighted by Gasteiger charge is -2.05. The van der Waals surface area contributed by atoms with Crippen LogP contribution in [0.4, 0.5) is 13.2 Å². The van der Waals surface area contributed by atoms with Crippen molar-refractivity contribution in [2.45, 2.75) is 25.9 Å². The standard InChI is InChI=1S/C11H11F3N2S/c1-2-7-3-9(17-6-7)4-8-5-15-16-10(8)11(12,13)14/h3,5-6H,2,4H2,1H3,(H,15,16). The first kappa shape index (κ1) is 12.2. The average molecular weight is 260 g/mol. The molecule has 0 saturated heterocycles. The van der Waals surface area contributed by atoms with Crippen LogP contribution in [0.2, 0.25) is 0 Å². The van der Waals surface area contributed by atoms with Gasteiger partial charge in [-0.1, -0.05) is 6.92 Å². The van der Waals surface area contributed by atoms with Crippen molar-refractivity contribution in [1.82, 2.24) is 10.2 Å². The Balaban J connectivity index is 2.22. The number of hydrogen-bond donors (Lipinski definition) is 1. The Hall–Kier alpha value is -1.30. The summed E-state index contributed by atoms with van der Waals surface area (Å²) in [7, 11) is 0. The lowest BCUT2D eigenvalue weighted by Crippen LogP contribution is -2.08. The van der Waals surface area contributed by atoms with Gasteiger partial charge in [-0.25, -0.2) is 0 Å². The molecule has 0 bridgehead atoms. The first-order chi connectivity index (χ1) is 8.00. The Kier molecular flexibility index (Phi) is 3.24.